The first-order valence-electron chi connectivity index (χ1n) is 13.8. The van der Waals surface area contributed by atoms with Crippen LogP contribution in [0.25, 0.3) is 10.9 Å². The summed E-state index contributed by atoms with van der Waals surface area (Å²) < 4.78 is 18.3. The molecule has 210 valence electrons. The molecule has 1 atom stereocenters. The van der Waals surface area contributed by atoms with Crippen molar-refractivity contribution in [2.45, 2.75) is 33.0 Å². The maximum absolute atomic E-state index is 13.6. The van der Waals surface area contributed by atoms with Crippen LogP contribution in [0.1, 0.15) is 39.9 Å². The number of aromatic amines is 1. The van der Waals surface area contributed by atoms with Gasteiger partial charge in [-0.3, -0.25) is 14.6 Å². The summed E-state index contributed by atoms with van der Waals surface area (Å²) in [6.07, 6.45) is 1.63. The number of fused-ring (bicyclic) bond motifs is 2. The molecular formula is C30H31N7O4. The third kappa shape index (κ3) is 4.98. The van der Waals surface area contributed by atoms with E-state index in [0.717, 1.165) is 66.4 Å². The molecule has 1 unspecified atom stereocenters. The second-order valence-electron chi connectivity index (χ2n) is 10.8. The zero-order valence-corrected chi connectivity index (χ0v) is 23.0. The van der Waals surface area contributed by atoms with Crippen LogP contribution in [0, 0.1) is 13.8 Å². The first kappa shape index (κ1) is 25.5. The average Bonchev–Trinajstić information content (AvgIpc) is 3.75. The molecule has 2 aromatic carbocycles. The van der Waals surface area contributed by atoms with Gasteiger partial charge in [0.1, 0.15) is 18.3 Å². The largest absolute Gasteiger partial charge is 0.467 e. The van der Waals surface area contributed by atoms with Crippen LogP contribution in [-0.2, 0) is 13.1 Å². The van der Waals surface area contributed by atoms with E-state index in [2.05, 4.69) is 62.4 Å². The minimum atomic E-state index is -0.428. The predicted molar refractivity (Wildman–Crippen MR) is 151 cm³/mol. The highest BCUT2D eigenvalue weighted by atomic mass is 16.7. The maximum atomic E-state index is 13.6. The van der Waals surface area contributed by atoms with Crippen molar-refractivity contribution in [2.75, 3.05) is 33.0 Å². The predicted octanol–water partition coefficient (Wildman–Crippen LogP) is 3.41. The van der Waals surface area contributed by atoms with E-state index in [1.807, 2.05) is 30.3 Å². The first-order chi connectivity index (χ1) is 20.0. The van der Waals surface area contributed by atoms with Gasteiger partial charge in [-0.2, -0.15) is 0 Å². The van der Waals surface area contributed by atoms with Gasteiger partial charge in [0, 0.05) is 43.8 Å². The van der Waals surface area contributed by atoms with Crippen molar-refractivity contribution in [3.63, 3.8) is 0 Å². The zero-order chi connectivity index (χ0) is 27.9. The van der Waals surface area contributed by atoms with Gasteiger partial charge in [0.2, 0.25) is 6.79 Å². The summed E-state index contributed by atoms with van der Waals surface area (Å²) in [6, 6.07) is 15.6. The fourth-order valence-corrected chi connectivity index (χ4v) is 5.74. The second kappa shape index (κ2) is 10.5. The van der Waals surface area contributed by atoms with E-state index in [4.69, 9.17) is 13.9 Å². The van der Waals surface area contributed by atoms with E-state index in [-0.39, 0.29) is 12.4 Å². The van der Waals surface area contributed by atoms with Crippen molar-refractivity contribution >= 4 is 10.9 Å². The first-order valence-corrected chi connectivity index (χ1v) is 13.8. The van der Waals surface area contributed by atoms with Crippen molar-refractivity contribution in [3.8, 4) is 11.5 Å². The molecule has 0 bridgehead atoms. The van der Waals surface area contributed by atoms with E-state index in [1.165, 1.54) is 11.1 Å². The molecule has 11 nitrogen and oxygen atoms in total. The van der Waals surface area contributed by atoms with Crippen LogP contribution in [0.3, 0.4) is 0 Å². The molecule has 0 spiro atoms. The molecule has 0 aliphatic carbocycles. The fraction of sp³-hybridized carbons (Fsp3) is 0.333. The van der Waals surface area contributed by atoms with Gasteiger partial charge in [-0.25, -0.2) is 4.68 Å². The Balaban J connectivity index is 1.20. The van der Waals surface area contributed by atoms with Gasteiger partial charge in [0.05, 0.1) is 6.26 Å². The topological polar surface area (TPSA) is 115 Å². The molecule has 0 radical (unpaired) electrons. The van der Waals surface area contributed by atoms with Crippen LogP contribution >= 0.6 is 0 Å². The van der Waals surface area contributed by atoms with Crippen LogP contribution in [0.2, 0.25) is 0 Å². The number of piperazine rings is 1. The number of aryl methyl sites for hydroxylation is 2. The zero-order valence-electron chi connectivity index (χ0n) is 23.0. The number of aromatic nitrogens is 5. The molecule has 7 rings (SSSR count). The van der Waals surface area contributed by atoms with Crippen LogP contribution in [0.5, 0.6) is 11.5 Å². The van der Waals surface area contributed by atoms with Gasteiger partial charge < -0.3 is 18.9 Å². The summed E-state index contributed by atoms with van der Waals surface area (Å²) in [5.41, 5.74) is 4.80. The van der Waals surface area contributed by atoms with Gasteiger partial charge in [0.25, 0.3) is 5.56 Å². The average molecular weight is 554 g/mol. The number of H-pyrrole nitrogens is 1. The number of benzene rings is 2. The third-order valence-electron chi connectivity index (χ3n) is 8.09. The highest BCUT2D eigenvalue weighted by Crippen LogP contribution is 2.33. The number of hydrogen-bond acceptors (Lipinski definition) is 9. The van der Waals surface area contributed by atoms with E-state index < -0.39 is 6.04 Å². The van der Waals surface area contributed by atoms with Crippen molar-refractivity contribution in [1.82, 2.24) is 35.0 Å². The van der Waals surface area contributed by atoms with Gasteiger partial charge in [-0.05, 0) is 88.8 Å². The number of nitrogens with one attached hydrogen (secondary N) is 1. The standard InChI is InChI=1S/C30H31N7O4/c1-19-12-22-15-24(30(38)31-25(22)13-20(19)2)28(29-32-33-34-37(29)17-23-4-3-11-39-23)36-9-7-35(8-10-36)16-21-5-6-26-27(14-21)41-18-40-26/h3-6,11-15,28H,7-10,16-18H2,1-2H3,(H,31,38). The van der Waals surface area contributed by atoms with Gasteiger partial charge >= 0.3 is 0 Å². The molecule has 0 amide bonds. The van der Waals surface area contributed by atoms with E-state index in [9.17, 15) is 4.79 Å². The third-order valence-corrected chi connectivity index (χ3v) is 8.09. The molecule has 5 heterocycles. The lowest BCUT2D eigenvalue weighted by molar-refractivity contribution is 0.0997. The molecule has 1 saturated heterocycles. The Morgan fingerprint density at radius 3 is 2.61 bits per heavy atom. The SMILES string of the molecule is Cc1cc2cc(C(c3nnnn3Cc3ccco3)N3CCN(Cc4ccc5c(c4)OCO5)CC3)c(=O)[nH]c2cc1C. The summed E-state index contributed by atoms with van der Waals surface area (Å²) in [5, 5.41) is 13.7. The fourth-order valence-electron chi connectivity index (χ4n) is 5.74. The smallest absolute Gasteiger partial charge is 0.253 e. The van der Waals surface area contributed by atoms with Gasteiger partial charge in [0.15, 0.2) is 17.3 Å². The Bertz CT molecular complexity index is 1750. The molecule has 0 saturated carbocycles. The van der Waals surface area contributed by atoms with Crippen LogP contribution in [0.4, 0.5) is 0 Å². The minimum Gasteiger partial charge on any atom is -0.467 e. The second-order valence-corrected chi connectivity index (χ2v) is 10.8. The number of hydrogen-bond donors (Lipinski definition) is 1. The number of tetrazole rings is 1. The Kier molecular flexibility index (Phi) is 6.52. The van der Waals surface area contributed by atoms with E-state index in [1.54, 1.807) is 10.9 Å². The summed E-state index contributed by atoms with van der Waals surface area (Å²) in [6.45, 7) is 8.73. The lowest BCUT2D eigenvalue weighted by atomic mass is 10.00. The van der Waals surface area contributed by atoms with Crippen molar-refractivity contribution in [2.24, 2.45) is 0 Å². The molecule has 1 N–H and O–H groups in total. The van der Waals surface area contributed by atoms with Crippen molar-refractivity contribution in [1.29, 1.82) is 0 Å². The Hall–Kier alpha value is -4.48. The molecule has 2 aliphatic rings. The normalized spacial score (nSPS) is 16.4. The highest BCUT2D eigenvalue weighted by Gasteiger charge is 2.33. The van der Waals surface area contributed by atoms with Gasteiger partial charge in [-0.1, -0.05) is 6.07 Å². The maximum Gasteiger partial charge on any atom is 0.253 e. The molecule has 1 fully saturated rings. The Morgan fingerprint density at radius 1 is 0.951 bits per heavy atom. The van der Waals surface area contributed by atoms with Crippen LogP contribution in [0.15, 0.2) is 64.0 Å². The van der Waals surface area contributed by atoms with Crippen LogP contribution in [-0.4, -0.2) is 68.0 Å². The summed E-state index contributed by atoms with van der Waals surface area (Å²) in [7, 11) is 0. The quantitative estimate of drug-likeness (QED) is 0.324. The number of rotatable bonds is 7. The molecule has 11 heteroatoms. The number of pyridine rings is 1. The molecule has 41 heavy (non-hydrogen) atoms. The number of ether oxygens (including phenoxy) is 2. The number of furan rings is 1. The van der Waals surface area contributed by atoms with Crippen LogP contribution < -0.4 is 15.0 Å². The van der Waals surface area contributed by atoms with E-state index in [0.29, 0.717) is 17.9 Å². The lowest BCUT2D eigenvalue weighted by Gasteiger charge is -2.38. The summed E-state index contributed by atoms with van der Waals surface area (Å²) >= 11 is 0. The monoisotopic (exact) mass is 553 g/mol. The minimum absolute atomic E-state index is 0.138. The molecule has 2 aliphatic heterocycles. The molecule has 5 aromatic rings. The summed E-state index contributed by atoms with van der Waals surface area (Å²) in [5.74, 6) is 2.94. The Labute approximate surface area is 236 Å². The summed E-state index contributed by atoms with van der Waals surface area (Å²) in [4.78, 5) is 21.5. The lowest BCUT2D eigenvalue weighted by Crippen LogP contribution is -2.48. The van der Waals surface area contributed by atoms with Gasteiger partial charge in [-0.15, -0.1) is 5.10 Å². The Morgan fingerprint density at radius 2 is 1.78 bits per heavy atom. The molecule has 3 aromatic heterocycles. The molecular weight excluding hydrogens is 522 g/mol. The van der Waals surface area contributed by atoms with Crippen molar-refractivity contribution in [3.05, 3.63) is 99.0 Å². The number of nitrogens with zero attached hydrogens (tertiary/aromatic N) is 6. The van der Waals surface area contributed by atoms with E-state index >= 15 is 0 Å². The van der Waals surface area contributed by atoms with Crippen molar-refractivity contribution < 1.29 is 13.9 Å². The highest BCUT2D eigenvalue weighted by molar-refractivity contribution is 5.81.